The molecule has 154 valence electrons. The summed E-state index contributed by atoms with van der Waals surface area (Å²) >= 11 is 0. The van der Waals surface area contributed by atoms with Gasteiger partial charge in [0.25, 0.3) is 5.91 Å². The maximum Gasteiger partial charge on any atom is 0.254 e. The van der Waals surface area contributed by atoms with Gasteiger partial charge in [-0.1, -0.05) is 12.1 Å². The average molecular weight is 403 g/mol. The van der Waals surface area contributed by atoms with E-state index < -0.39 is 5.92 Å². The molecule has 2 heterocycles. The van der Waals surface area contributed by atoms with Gasteiger partial charge in [-0.25, -0.2) is 0 Å². The summed E-state index contributed by atoms with van der Waals surface area (Å²) in [7, 11) is 0. The number of pyridine rings is 1. The van der Waals surface area contributed by atoms with Crippen molar-refractivity contribution in [2.75, 3.05) is 11.9 Å². The summed E-state index contributed by atoms with van der Waals surface area (Å²) in [5, 5.41) is 6.26. The Balaban J connectivity index is 1.76. The number of carbonyl (C=O) groups excluding carboxylic acids is 2. The zero-order valence-electron chi connectivity index (χ0n) is 17.2. The number of ether oxygens (including phenoxy) is 1. The van der Waals surface area contributed by atoms with E-state index in [9.17, 15) is 9.59 Å². The third kappa shape index (κ3) is 3.85. The summed E-state index contributed by atoms with van der Waals surface area (Å²) in [6, 6.07) is 11.2. The van der Waals surface area contributed by atoms with E-state index in [2.05, 4.69) is 15.6 Å². The highest BCUT2D eigenvalue weighted by molar-refractivity contribution is 6.09. The fourth-order valence-corrected chi connectivity index (χ4v) is 4.18. The summed E-state index contributed by atoms with van der Waals surface area (Å²) in [6.45, 7) is 4.41. The van der Waals surface area contributed by atoms with Crippen LogP contribution >= 0.6 is 0 Å². The number of benzene rings is 1. The minimum atomic E-state index is -0.415. The number of amides is 1. The third-order valence-electron chi connectivity index (χ3n) is 5.46. The Kier molecular flexibility index (Phi) is 5.65. The minimum Gasteiger partial charge on any atom is -0.494 e. The molecule has 1 amide bonds. The van der Waals surface area contributed by atoms with Gasteiger partial charge < -0.3 is 15.4 Å². The fourth-order valence-electron chi connectivity index (χ4n) is 4.18. The molecule has 6 heteroatoms. The summed E-state index contributed by atoms with van der Waals surface area (Å²) in [5.41, 5.74) is 4.47. The first-order valence-electron chi connectivity index (χ1n) is 10.3. The monoisotopic (exact) mass is 403 g/mol. The van der Waals surface area contributed by atoms with Gasteiger partial charge in [0.15, 0.2) is 5.78 Å². The Bertz CT molecular complexity index is 1020. The molecular weight excluding hydrogens is 378 g/mol. The van der Waals surface area contributed by atoms with Crippen LogP contribution in [0.1, 0.15) is 44.6 Å². The zero-order chi connectivity index (χ0) is 21.1. The third-order valence-corrected chi connectivity index (χ3v) is 5.46. The normalized spacial score (nSPS) is 18.6. The molecule has 2 N–H and O–H groups in total. The van der Waals surface area contributed by atoms with E-state index in [1.165, 1.54) is 0 Å². The molecule has 0 fully saturated rings. The summed E-state index contributed by atoms with van der Waals surface area (Å²) in [6.07, 6.45) is 5.40. The van der Waals surface area contributed by atoms with Crippen LogP contribution in [0.5, 0.6) is 5.75 Å². The van der Waals surface area contributed by atoms with Crippen molar-refractivity contribution >= 4 is 17.4 Å². The lowest BCUT2D eigenvalue weighted by Crippen LogP contribution is -2.35. The van der Waals surface area contributed by atoms with E-state index in [0.717, 1.165) is 35.5 Å². The van der Waals surface area contributed by atoms with Crippen molar-refractivity contribution in [1.29, 1.82) is 0 Å². The van der Waals surface area contributed by atoms with Crippen molar-refractivity contribution in [3.05, 3.63) is 76.9 Å². The van der Waals surface area contributed by atoms with Crippen molar-refractivity contribution in [3.63, 3.8) is 0 Å². The lowest BCUT2D eigenvalue weighted by Gasteiger charge is -2.34. The largest absolute Gasteiger partial charge is 0.494 e. The van der Waals surface area contributed by atoms with Crippen LogP contribution in [-0.2, 0) is 9.59 Å². The molecule has 1 aliphatic carbocycles. The van der Waals surface area contributed by atoms with E-state index in [1.54, 1.807) is 24.5 Å². The molecule has 0 spiro atoms. The van der Waals surface area contributed by atoms with Crippen LogP contribution in [0.3, 0.4) is 0 Å². The molecule has 6 nitrogen and oxygen atoms in total. The molecule has 0 saturated carbocycles. The molecule has 2 aliphatic rings. The number of anilines is 1. The Morgan fingerprint density at radius 3 is 2.73 bits per heavy atom. The van der Waals surface area contributed by atoms with Gasteiger partial charge in [-0.3, -0.25) is 14.6 Å². The second-order valence-electron chi connectivity index (χ2n) is 7.46. The van der Waals surface area contributed by atoms with E-state index in [-0.39, 0.29) is 11.7 Å². The van der Waals surface area contributed by atoms with E-state index in [4.69, 9.17) is 4.74 Å². The number of aromatic nitrogens is 1. The molecule has 0 radical (unpaired) electrons. The van der Waals surface area contributed by atoms with Gasteiger partial charge in [-0.2, -0.15) is 0 Å². The summed E-state index contributed by atoms with van der Waals surface area (Å²) in [4.78, 5) is 30.3. The number of carbonyl (C=O) groups is 2. The smallest absolute Gasteiger partial charge is 0.254 e. The van der Waals surface area contributed by atoms with E-state index in [1.807, 2.05) is 38.1 Å². The van der Waals surface area contributed by atoms with Gasteiger partial charge in [0.1, 0.15) is 5.75 Å². The molecule has 0 unspecified atom stereocenters. The first kappa shape index (κ1) is 19.9. The molecule has 1 atom stereocenters. The lowest BCUT2D eigenvalue weighted by molar-refractivity contribution is -0.116. The Labute approximate surface area is 176 Å². The summed E-state index contributed by atoms with van der Waals surface area (Å²) in [5.74, 6) is 0.210. The van der Waals surface area contributed by atoms with Crippen LogP contribution in [0.4, 0.5) is 5.69 Å². The molecule has 30 heavy (non-hydrogen) atoms. The Morgan fingerprint density at radius 1 is 1.23 bits per heavy atom. The van der Waals surface area contributed by atoms with E-state index in [0.29, 0.717) is 29.9 Å². The average Bonchev–Trinajstić information content (AvgIpc) is 2.74. The molecular formula is C24H25N3O3. The Morgan fingerprint density at radius 2 is 2.03 bits per heavy atom. The second kappa shape index (κ2) is 8.53. The number of Topliss-reactive ketones (excluding diaryl/α,β-unsaturated/α-hetero) is 1. The number of nitrogens with zero attached hydrogens (tertiary/aromatic N) is 1. The molecule has 2 aromatic rings. The van der Waals surface area contributed by atoms with Crippen molar-refractivity contribution in [1.82, 2.24) is 10.3 Å². The topological polar surface area (TPSA) is 80.3 Å². The van der Waals surface area contributed by atoms with Crippen molar-refractivity contribution < 1.29 is 14.3 Å². The van der Waals surface area contributed by atoms with Gasteiger partial charge >= 0.3 is 0 Å². The van der Waals surface area contributed by atoms with Crippen LogP contribution in [0.25, 0.3) is 0 Å². The highest BCUT2D eigenvalue weighted by atomic mass is 16.5. The lowest BCUT2D eigenvalue weighted by atomic mass is 9.75. The number of dihydropyridines is 1. The van der Waals surface area contributed by atoms with Crippen LogP contribution in [-0.4, -0.2) is 23.3 Å². The first-order chi connectivity index (χ1) is 14.6. The minimum absolute atomic E-state index is 0.0989. The highest BCUT2D eigenvalue weighted by Gasteiger charge is 2.38. The standard InChI is InChI=1S/C24H25N3O3/c1-3-30-18-11-9-16(10-12-18)22-21(24(29)27-17-6-5-13-25-14-17)15(2)26-19-7-4-8-20(28)23(19)22/h5-6,9-14,22,26H,3-4,7-8H2,1-2H3,(H,27,29)/t22-/m0/s1. The van der Waals surface area contributed by atoms with Gasteiger partial charge in [0.05, 0.1) is 18.5 Å². The second-order valence-corrected chi connectivity index (χ2v) is 7.46. The fraction of sp³-hybridized carbons (Fsp3) is 0.292. The Hall–Kier alpha value is -3.41. The van der Waals surface area contributed by atoms with Gasteiger partial charge in [0.2, 0.25) is 0 Å². The summed E-state index contributed by atoms with van der Waals surface area (Å²) < 4.78 is 5.56. The molecule has 0 saturated heterocycles. The number of hydrogen-bond donors (Lipinski definition) is 2. The molecule has 0 bridgehead atoms. The van der Waals surface area contributed by atoms with Gasteiger partial charge in [-0.15, -0.1) is 0 Å². The number of rotatable bonds is 5. The quantitative estimate of drug-likeness (QED) is 0.786. The number of allylic oxidation sites excluding steroid dienone is 3. The first-order valence-corrected chi connectivity index (χ1v) is 10.3. The maximum atomic E-state index is 13.3. The van der Waals surface area contributed by atoms with Crippen molar-refractivity contribution in [2.24, 2.45) is 0 Å². The van der Waals surface area contributed by atoms with E-state index >= 15 is 0 Å². The van der Waals surface area contributed by atoms with Crippen molar-refractivity contribution in [3.8, 4) is 5.75 Å². The van der Waals surface area contributed by atoms with Crippen LogP contribution in [0.2, 0.25) is 0 Å². The van der Waals surface area contributed by atoms with Crippen LogP contribution in [0, 0.1) is 0 Å². The van der Waals surface area contributed by atoms with Crippen LogP contribution < -0.4 is 15.4 Å². The van der Waals surface area contributed by atoms with Gasteiger partial charge in [-0.05, 0) is 56.5 Å². The highest BCUT2D eigenvalue weighted by Crippen LogP contribution is 2.42. The number of hydrogen-bond acceptors (Lipinski definition) is 5. The zero-order valence-corrected chi connectivity index (χ0v) is 17.2. The van der Waals surface area contributed by atoms with Crippen LogP contribution in [0.15, 0.2) is 71.3 Å². The van der Waals surface area contributed by atoms with Crippen molar-refractivity contribution in [2.45, 2.75) is 39.0 Å². The maximum absolute atomic E-state index is 13.3. The predicted molar refractivity (Wildman–Crippen MR) is 115 cm³/mol. The SMILES string of the molecule is CCOc1ccc([C@H]2C(C(=O)Nc3cccnc3)=C(C)NC3=C2C(=O)CCC3)cc1. The predicted octanol–water partition coefficient (Wildman–Crippen LogP) is 4.09. The number of ketones is 1. The van der Waals surface area contributed by atoms with Gasteiger partial charge in [0, 0.05) is 41.1 Å². The molecule has 1 aliphatic heterocycles. The molecule has 4 rings (SSSR count). The molecule has 1 aromatic heterocycles. The molecule has 1 aromatic carbocycles. The number of nitrogens with one attached hydrogen (secondary N) is 2.